The van der Waals surface area contributed by atoms with Crippen LogP contribution in [0.2, 0.25) is 0 Å². The van der Waals surface area contributed by atoms with Crippen molar-refractivity contribution in [2.24, 2.45) is 7.05 Å². The molecule has 3 heterocycles. The Balaban J connectivity index is 1.58. The molecule has 1 aromatic rings. The van der Waals surface area contributed by atoms with Gasteiger partial charge in [-0.1, -0.05) is 0 Å². The average molecular weight is 393 g/mol. The smallest absolute Gasteiger partial charge is 0.319 e. The molecule has 1 atom stereocenters. The molecule has 156 valence electrons. The Hall–Kier alpha value is -2.13. The zero-order valence-electron chi connectivity index (χ0n) is 17.1. The van der Waals surface area contributed by atoms with Gasteiger partial charge >= 0.3 is 6.03 Å². The van der Waals surface area contributed by atoms with Crippen molar-refractivity contribution in [3.8, 4) is 0 Å². The van der Waals surface area contributed by atoms with Crippen LogP contribution in [0.15, 0.2) is 12.4 Å². The third-order valence-electron chi connectivity index (χ3n) is 5.57. The highest BCUT2D eigenvalue weighted by molar-refractivity contribution is 5.93. The van der Waals surface area contributed by atoms with Gasteiger partial charge in [0.1, 0.15) is 0 Å². The van der Waals surface area contributed by atoms with E-state index in [2.05, 4.69) is 15.3 Å². The maximum atomic E-state index is 12.3. The minimum Gasteiger partial charge on any atom is -0.381 e. The number of carbonyl (C=O) groups excluding carboxylic acids is 2. The molecule has 2 fully saturated rings. The summed E-state index contributed by atoms with van der Waals surface area (Å²) in [6, 6.07) is 0.824. The molecule has 3 amide bonds. The summed E-state index contributed by atoms with van der Waals surface area (Å²) in [6.07, 6.45) is 6.25. The third kappa shape index (κ3) is 5.02. The van der Waals surface area contributed by atoms with Crippen LogP contribution in [0.4, 0.5) is 4.79 Å². The summed E-state index contributed by atoms with van der Waals surface area (Å²) in [4.78, 5) is 30.6. The molecule has 0 aromatic carbocycles. The Bertz CT molecular complexity index is 670. The van der Waals surface area contributed by atoms with E-state index in [0.29, 0.717) is 24.2 Å². The minimum absolute atomic E-state index is 0.0688. The predicted molar refractivity (Wildman–Crippen MR) is 105 cm³/mol. The lowest BCUT2D eigenvalue weighted by molar-refractivity contribution is 0.0188. The van der Waals surface area contributed by atoms with Crippen molar-refractivity contribution in [2.45, 2.75) is 31.3 Å². The van der Waals surface area contributed by atoms with Crippen LogP contribution in [0.3, 0.4) is 0 Å². The second-order valence-electron chi connectivity index (χ2n) is 7.81. The Morgan fingerprint density at radius 2 is 2.00 bits per heavy atom. The van der Waals surface area contributed by atoms with Crippen LogP contribution in [0.25, 0.3) is 0 Å². The lowest BCUT2D eigenvalue weighted by Crippen LogP contribution is -2.50. The highest BCUT2D eigenvalue weighted by atomic mass is 16.5. The number of amides is 3. The molecule has 1 unspecified atom stereocenters. The van der Waals surface area contributed by atoms with E-state index in [1.54, 1.807) is 43.1 Å². The number of nitrogens with zero attached hydrogens (tertiary/aromatic N) is 5. The number of carbonyl (C=O) groups is 2. The fourth-order valence-corrected chi connectivity index (χ4v) is 4.09. The van der Waals surface area contributed by atoms with Crippen molar-refractivity contribution in [1.82, 2.24) is 29.8 Å². The molecule has 0 aliphatic carbocycles. The molecule has 2 aliphatic heterocycles. The molecule has 3 rings (SSSR count). The first-order chi connectivity index (χ1) is 13.5. The van der Waals surface area contributed by atoms with E-state index in [9.17, 15) is 9.59 Å². The van der Waals surface area contributed by atoms with Gasteiger partial charge in [-0.2, -0.15) is 5.10 Å². The van der Waals surface area contributed by atoms with Crippen LogP contribution in [0, 0.1) is 0 Å². The lowest BCUT2D eigenvalue weighted by atomic mass is 10.0. The van der Waals surface area contributed by atoms with Crippen LogP contribution in [-0.2, 0) is 11.8 Å². The molecular weight excluding hydrogens is 360 g/mol. The van der Waals surface area contributed by atoms with E-state index in [1.807, 2.05) is 4.90 Å². The fraction of sp³-hybridized carbons (Fsp3) is 0.737. The van der Waals surface area contributed by atoms with E-state index in [4.69, 9.17) is 4.74 Å². The van der Waals surface area contributed by atoms with Crippen LogP contribution in [0.1, 0.15) is 29.6 Å². The second-order valence-corrected chi connectivity index (χ2v) is 7.81. The van der Waals surface area contributed by atoms with Crippen molar-refractivity contribution in [3.05, 3.63) is 18.0 Å². The highest BCUT2D eigenvalue weighted by Gasteiger charge is 2.34. The number of rotatable bonds is 6. The van der Waals surface area contributed by atoms with Gasteiger partial charge in [0.2, 0.25) is 0 Å². The molecular formula is C19H32N6O3. The summed E-state index contributed by atoms with van der Waals surface area (Å²) < 4.78 is 7.15. The van der Waals surface area contributed by atoms with Gasteiger partial charge in [-0.05, 0) is 19.3 Å². The van der Waals surface area contributed by atoms with Crippen LogP contribution < -0.4 is 5.32 Å². The lowest BCUT2D eigenvalue weighted by Gasteiger charge is -2.38. The van der Waals surface area contributed by atoms with E-state index < -0.39 is 0 Å². The second kappa shape index (κ2) is 9.38. The predicted octanol–water partition coefficient (Wildman–Crippen LogP) is 0.387. The zero-order valence-corrected chi connectivity index (χ0v) is 17.1. The summed E-state index contributed by atoms with van der Waals surface area (Å²) in [5, 5.41) is 7.05. The van der Waals surface area contributed by atoms with E-state index in [1.165, 1.54) is 0 Å². The molecule has 1 aromatic heterocycles. The van der Waals surface area contributed by atoms with E-state index in [0.717, 1.165) is 52.1 Å². The van der Waals surface area contributed by atoms with Crippen molar-refractivity contribution < 1.29 is 14.3 Å². The Kier molecular flexibility index (Phi) is 6.90. The number of likely N-dealkylation sites (tertiary alicyclic amines) is 1. The van der Waals surface area contributed by atoms with Gasteiger partial charge in [-0.25, -0.2) is 4.79 Å². The van der Waals surface area contributed by atoms with Crippen molar-refractivity contribution >= 4 is 11.9 Å². The number of ether oxygens (including phenoxy) is 1. The first-order valence-corrected chi connectivity index (χ1v) is 10.0. The highest BCUT2D eigenvalue weighted by Crippen LogP contribution is 2.23. The topological polar surface area (TPSA) is 82.9 Å². The maximum absolute atomic E-state index is 12.3. The van der Waals surface area contributed by atoms with Gasteiger partial charge in [0.15, 0.2) is 0 Å². The molecule has 0 bridgehead atoms. The quantitative estimate of drug-likeness (QED) is 0.757. The monoisotopic (exact) mass is 392 g/mol. The summed E-state index contributed by atoms with van der Waals surface area (Å²) >= 11 is 0. The molecule has 0 spiro atoms. The minimum atomic E-state index is -0.101. The Morgan fingerprint density at radius 1 is 1.25 bits per heavy atom. The van der Waals surface area contributed by atoms with Crippen molar-refractivity contribution in [1.29, 1.82) is 0 Å². The first kappa shape index (κ1) is 20.6. The molecule has 9 nitrogen and oxygen atoms in total. The summed E-state index contributed by atoms with van der Waals surface area (Å²) in [5.74, 6) is -0.101. The van der Waals surface area contributed by atoms with Gasteiger partial charge in [0, 0.05) is 78.8 Å². The van der Waals surface area contributed by atoms with Gasteiger partial charge in [0.25, 0.3) is 5.91 Å². The zero-order chi connectivity index (χ0) is 20.1. The fourth-order valence-electron chi connectivity index (χ4n) is 4.09. The standard InChI is InChI=1S/C19H32N6O3/c1-22(2)19(27)24-8-4-17(14-24)25(16-5-10-28-11-6-16)9-7-20-18(26)15-12-21-23(3)13-15/h12-13,16-17H,4-11,14H2,1-3H3,(H,20,26). The number of nitrogens with one attached hydrogen (secondary N) is 1. The number of hydrogen-bond acceptors (Lipinski definition) is 5. The van der Waals surface area contributed by atoms with Crippen molar-refractivity contribution in [2.75, 3.05) is 53.5 Å². The third-order valence-corrected chi connectivity index (χ3v) is 5.57. The van der Waals surface area contributed by atoms with E-state index >= 15 is 0 Å². The summed E-state index contributed by atoms with van der Waals surface area (Å²) in [5.41, 5.74) is 0.573. The number of aromatic nitrogens is 2. The van der Waals surface area contributed by atoms with Gasteiger partial charge < -0.3 is 19.9 Å². The molecule has 1 N–H and O–H groups in total. The Labute approximate surface area is 166 Å². The van der Waals surface area contributed by atoms with Gasteiger partial charge in [-0.15, -0.1) is 0 Å². The largest absolute Gasteiger partial charge is 0.381 e. The average Bonchev–Trinajstić information content (AvgIpc) is 3.34. The van der Waals surface area contributed by atoms with Gasteiger partial charge in [-0.3, -0.25) is 14.4 Å². The number of aryl methyl sites for hydroxylation is 1. The van der Waals surface area contributed by atoms with Crippen LogP contribution >= 0.6 is 0 Å². The normalized spacial score (nSPS) is 20.6. The van der Waals surface area contributed by atoms with E-state index in [-0.39, 0.29) is 11.9 Å². The maximum Gasteiger partial charge on any atom is 0.319 e. The van der Waals surface area contributed by atoms with Crippen LogP contribution in [-0.4, -0.2) is 102 Å². The summed E-state index contributed by atoms with van der Waals surface area (Å²) in [6.45, 7) is 4.41. The number of hydrogen-bond donors (Lipinski definition) is 1. The molecule has 0 radical (unpaired) electrons. The van der Waals surface area contributed by atoms with Gasteiger partial charge in [0.05, 0.1) is 11.8 Å². The molecule has 9 heteroatoms. The molecule has 2 aliphatic rings. The molecule has 28 heavy (non-hydrogen) atoms. The SMILES string of the molecule is CN(C)C(=O)N1CCC(N(CCNC(=O)c2cnn(C)c2)C2CCOCC2)C1. The van der Waals surface area contributed by atoms with Crippen LogP contribution in [0.5, 0.6) is 0 Å². The van der Waals surface area contributed by atoms with Crippen molar-refractivity contribution in [3.63, 3.8) is 0 Å². The Morgan fingerprint density at radius 3 is 2.64 bits per heavy atom. The summed E-state index contributed by atoms with van der Waals surface area (Å²) in [7, 11) is 5.38. The molecule has 2 saturated heterocycles. The number of urea groups is 1. The first-order valence-electron chi connectivity index (χ1n) is 10.0. The molecule has 0 saturated carbocycles.